The topological polar surface area (TPSA) is 58.6 Å². The van der Waals surface area contributed by atoms with Crippen LogP contribution < -0.4 is 5.73 Å². The summed E-state index contributed by atoms with van der Waals surface area (Å²) in [6, 6.07) is 14.0. The van der Waals surface area contributed by atoms with E-state index in [4.69, 9.17) is 10.9 Å². The lowest BCUT2D eigenvalue weighted by molar-refractivity contribution is 0.318. The molecule has 0 bridgehead atoms. The molecular formula is C15H15BrN2OS. The molecule has 0 spiro atoms. The molecule has 0 atom stereocenters. The molecule has 0 unspecified atom stereocenters. The lowest BCUT2D eigenvalue weighted by Crippen LogP contribution is -2.13. The van der Waals surface area contributed by atoms with Gasteiger partial charge in [-0.2, -0.15) is 0 Å². The fourth-order valence-corrected chi connectivity index (χ4v) is 3.44. The highest BCUT2D eigenvalue weighted by Crippen LogP contribution is 2.30. The number of hydrogen-bond donors (Lipinski definition) is 2. The van der Waals surface area contributed by atoms with Crippen LogP contribution in [0.5, 0.6) is 0 Å². The van der Waals surface area contributed by atoms with E-state index < -0.39 is 0 Å². The Kier molecular flexibility index (Phi) is 5.09. The first kappa shape index (κ1) is 14.9. The smallest absolute Gasteiger partial charge is 0.170 e. The fourth-order valence-electron chi connectivity index (χ4n) is 1.79. The van der Waals surface area contributed by atoms with Gasteiger partial charge < -0.3 is 10.9 Å². The lowest BCUT2D eigenvalue weighted by Gasteiger charge is -2.09. The maximum absolute atomic E-state index is 8.68. The largest absolute Gasteiger partial charge is 0.409 e. The van der Waals surface area contributed by atoms with Crippen molar-refractivity contribution >= 4 is 33.5 Å². The van der Waals surface area contributed by atoms with Gasteiger partial charge in [0.15, 0.2) is 5.84 Å². The molecule has 0 aliphatic carbocycles. The summed E-state index contributed by atoms with van der Waals surface area (Å²) < 4.78 is 1.11. The average Bonchev–Trinajstić information content (AvgIpc) is 2.46. The van der Waals surface area contributed by atoms with Crippen LogP contribution in [0.2, 0.25) is 0 Å². The number of aryl methyl sites for hydroxylation is 1. The molecule has 104 valence electrons. The first-order valence-corrected chi connectivity index (χ1v) is 7.84. The van der Waals surface area contributed by atoms with Crippen LogP contribution in [-0.4, -0.2) is 11.0 Å². The quantitative estimate of drug-likeness (QED) is 0.286. The van der Waals surface area contributed by atoms with Crippen LogP contribution in [0.3, 0.4) is 0 Å². The Morgan fingerprint density at radius 1 is 1.30 bits per heavy atom. The maximum atomic E-state index is 8.68. The molecule has 3 N–H and O–H groups in total. The van der Waals surface area contributed by atoms with Gasteiger partial charge in [0.25, 0.3) is 0 Å². The van der Waals surface area contributed by atoms with Crippen molar-refractivity contribution in [1.82, 2.24) is 0 Å². The van der Waals surface area contributed by atoms with Crippen molar-refractivity contribution in [2.45, 2.75) is 17.6 Å². The molecule has 2 aromatic rings. The molecule has 0 amide bonds. The van der Waals surface area contributed by atoms with Gasteiger partial charge in [0.05, 0.1) is 0 Å². The monoisotopic (exact) mass is 350 g/mol. The highest BCUT2D eigenvalue weighted by molar-refractivity contribution is 9.10. The van der Waals surface area contributed by atoms with Crippen molar-refractivity contribution in [3.05, 3.63) is 63.6 Å². The Labute approximate surface area is 131 Å². The minimum atomic E-state index is 0.137. The summed E-state index contributed by atoms with van der Waals surface area (Å²) in [5, 5.41) is 11.7. The summed E-state index contributed by atoms with van der Waals surface area (Å²) in [6.45, 7) is 2.03. The molecule has 2 rings (SSSR count). The van der Waals surface area contributed by atoms with E-state index in [1.165, 1.54) is 10.5 Å². The van der Waals surface area contributed by atoms with Crippen LogP contribution in [0.4, 0.5) is 0 Å². The molecule has 0 aromatic heterocycles. The van der Waals surface area contributed by atoms with Gasteiger partial charge in [0.1, 0.15) is 0 Å². The molecule has 20 heavy (non-hydrogen) atoms. The molecule has 0 aliphatic rings. The summed E-state index contributed by atoms with van der Waals surface area (Å²) in [5.74, 6) is 1.02. The van der Waals surface area contributed by atoms with Crippen molar-refractivity contribution in [3.8, 4) is 0 Å². The van der Waals surface area contributed by atoms with Crippen LogP contribution >= 0.6 is 27.7 Å². The first-order valence-electron chi connectivity index (χ1n) is 6.06. The van der Waals surface area contributed by atoms with Crippen molar-refractivity contribution in [3.63, 3.8) is 0 Å². The number of amidine groups is 1. The van der Waals surface area contributed by atoms with E-state index in [2.05, 4.69) is 27.2 Å². The van der Waals surface area contributed by atoms with E-state index in [1.54, 1.807) is 11.8 Å². The Balaban J connectivity index is 2.13. The zero-order valence-corrected chi connectivity index (χ0v) is 13.4. The normalized spacial score (nSPS) is 11.6. The van der Waals surface area contributed by atoms with Gasteiger partial charge in [0.2, 0.25) is 0 Å². The third-order valence-corrected chi connectivity index (χ3v) is 5.04. The second kappa shape index (κ2) is 6.81. The van der Waals surface area contributed by atoms with Gasteiger partial charge in [0, 0.05) is 20.7 Å². The molecule has 2 aromatic carbocycles. The summed E-state index contributed by atoms with van der Waals surface area (Å²) in [4.78, 5) is 1.22. The second-order valence-corrected chi connectivity index (χ2v) is 6.22. The van der Waals surface area contributed by atoms with E-state index in [-0.39, 0.29) is 5.84 Å². The predicted octanol–water partition coefficient (Wildman–Crippen LogP) is 4.14. The number of nitrogens with zero attached hydrogens (tertiary/aromatic N) is 1. The summed E-state index contributed by atoms with van der Waals surface area (Å²) in [7, 11) is 0. The molecule has 0 aliphatic heterocycles. The minimum Gasteiger partial charge on any atom is -0.409 e. The number of halogens is 1. The number of hydrogen-bond acceptors (Lipinski definition) is 3. The Morgan fingerprint density at radius 3 is 2.70 bits per heavy atom. The van der Waals surface area contributed by atoms with Crippen LogP contribution in [0, 0.1) is 6.92 Å². The van der Waals surface area contributed by atoms with Crippen molar-refractivity contribution in [1.29, 1.82) is 0 Å². The van der Waals surface area contributed by atoms with Gasteiger partial charge in [-0.1, -0.05) is 29.4 Å². The van der Waals surface area contributed by atoms with E-state index in [1.807, 2.05) is 43.3 Å². The minimum absolute atomic E-state index is 0.137. The summed E-state index contributed by atoms with van der Waals surface area (Å²) in [6.07, 6.45) is 0. The fraction of sp³-hybridized carbons (Fsp3) is 0.133. The van der Waals surface area contributed by atoms with Crippen molar-refractivity contribution in [2.75, 3.05) is 0 Å². The maximum Gasteiger partial charge on any atom is 0.170 e. The first-order chi connectivity index (χ1) is 9.61. The summed E-state index contributed by atoms with van der Waals surface area (Å²) in [5.41, 5.74) is 8.69. The van der Waals surface area contributed by atoms with E-state index in [0.717, 1.165) is 21.4 Å². The highest BCUT2D eigenvalue weighted by Gasteiger charge is 2.05. The molecule has 0 heterocycles. The Morgan fingerprint density at radius 2 is 2.05 bits per heavy atom. The molecule has 0 saturated heterocycles. The molecule has 0 saturated carbocycles. The van der Waals surface area contributed by atoms with Crippen LogP contribution in [0.25, 0.3) is 0 Å². The molecule has 5 heteroatoms. The molecule has 0 fully saturated rings. The second-order valence-electron chi connectivity index (χ2n) is 4.35. The predicted molar refractivity (Wildman–Crippen MR) is 87.4 cm³/mol. The summed E-state index contributed by atoms with van der Waals surface area (Å²) >= 11 is 5.32. The van der Waals surface area contributed by atoms with E-state index >= 15 is 0 Å². The Bertz CT molecular complexity index is 644. The average molecular weight is 351 g/mol. The highest BCUT2D eigenvalue weighted by atomic mass is 79.9. The van der Waals surface area contributed by atoms with E-state index in [9.17, 15) is 0 Å². The van der Waals surface area contributed by atoms with Crippen molar-refractivity contribution < 1.29 is 5.21 Å². The van der Waals surface area contributed by atoms with Crippen molar-refractivity contribution in [2.24, 2.45) is 10.9 Å². The standard InChI is InChI=1S/C15H15BrN2OS/c1-10-8-11(15(17)18-19)6-7-12(10)9-20-14-5-3-2-4-13(14)16/h2-8,19H,9H2,1H3,(H2,17,18). The zero-order chi connectivity index (χ0) is 14.5. The SMILES string of the molecule is Cc1cc(/C(N)=N/O)ccc1CSc1ccccc1Br. The number of thioether (sulfide) groups is 1. The zero-order valence-electron chi connectivity index (χ0n) is 11.0. The van der Waals surface area contributed by atoms with Gasteiger partial charge >= 0.3 is 0 Å². The molecule has 0 radical (unpaired) electrons. The van der Waals surface area contributed by atoms with Crippen LogP contribution in [0.1, 0.15) is 16.7 Å². The van der Waals surface area contributed by atoms with Crippen LogP contribution in [-0.2, 0) is 5.75 Å². The van der Waals surface area contributed by atoms with Gasteiger partial charge in [-0.05, 0) is 52.2 Å². The molecular weight excluding hydrogens is 336 g/mol. The number of benzene rings is 2. The third-order valence-electron chi connectivity index (χ3n) is 2.97. The number of nitrogens with two attached hydrogens (primary N) is 1. The third kappa shape index (κ3) is 3.55. The lowest BCUT2D eigenvalue weighted by atomic mass is 10.1. The van der Waals surface area contributed by atoms with Gasteiger partial charge in [-0.3, -0.25) is 0 Å². The van der Waals surface area contributed by atoms with Gasteiger partial charge in [-0.15, -0.1) is 11.8 Å². The van der Waals surface area contributed by atoms with Gasteiger partial charge in [-0.25, -0.2) is 0 Å². The number of rotatable bonds is 4. The van der Waals surface area contributed by atoms with E-state index in [0.29, 0.717) is 0 Å². The Hall–Kier alpha value is -1.46. The molecule has 3 nitrogen and oxygen atoms in total. The van der Waals surface area contributed by atoms with Crippen LogP contribution in [0.15, 0.2) is 57.0 Å². The number of oxime groups is 1.